The molecule has 1 aliphatic rings. The highest BCUT2D eigenvalue weighted by molar-refractivity contribution is 5.93. The Balaban J connectivity index is 1.78. The molecule has 0 radical (unpaired) electrons. The van der Waals surface area contributed by atoms with Crippen molar-refractivity contribution < 1.29 is 9.32 Å². The average Bonchev–Trinajstić information content (AvgIpc) is 2.97. The fourth-order valence-corrected chi connectivity index (χ4v) is 2.31. The van der Waals surface area contributed by atoms with Crippen LogP contribution >= 0.6 is 0 Å². The van der Waals surface area contributed by atoms with Crippen LogP contribution in [0, 0.1) is 0 Å². The number of piperazine rings is 1. The van der Waals surface area contributed by atoms with Crippen molar-refractivity contribution in [2.45, 2.75) is 13.0 Å². The molecular formula is C14H16N4O2. The monoisotopic (exact) mass is 272 g/mol. The molecule has 1 saturated heterocycles. The number of amides is 1. The highest BCUT2D eigenvalue weighted by atomic mass is 16.5. The van der Waals surface area contributed by atoms with Crippen LogP contribution in [-0.4, -0.2) is 46.6 Å². The number of carbonyl (C=O) groups is 1. The molecule has 0 bridgehead atoms. The fourth-order valence-electron chi connectivity index (χ4n) is 2.31. The van der Waals surface area contributed by atoms with E-state index in [-0.39, 0.29) is 5.91 Å². The van der Waals surface area contributed by atoms with E-state index >= 15 is 0 Å². The number of aromatic nitrogens is 2. The number of nitrogens with zero attached hydrogens (tertiary/aromatic N) is 3. The van der Waals surface area contributed by atoms with Gasteiger partial charge in [-0.05, 0) is 19.1 Å². The van der Waals surface area contributed by atoms with Crippen LogP contribution < -0.4 is 5.32 Å². The minimum Gasteiger partial charge on any atom is -0.355 e. The molecule has 0 saturated carbocycles. The summed E-state index contributed by atoms with van der Waals surface area (Å²) in [4.78, 5) is 18.1. The van der Waals surface area contributed by atoms with Crippen molar-refractivity contribution in [3.05, 3.63) is 36.3 Å². The molecule has 6 nitrogen and oxygen atoms in total. The minimum absolute atomic E-state index is 0.0811. The van der Waals surface area contributed by atoms with Gasteiger partial charge in [0, 0.05) is 49.7 Å². The summed E-state index contributed by atoms with van der Waals surface area (Å²) in [7, 11) is 0. The van der Waals surface area contributed by atoms with Gasteiger partial charge >= 0.3 is 0 Å². The first-order valence-corrected chi connectivity index (χ1v) is 6.64. The van der Waals surface area contributed by atoms with Gasteiger partial charge in [-0.2, -0.15) is 0 Å². The van der Waals surface area contributed by atoms with E-state index < -0.39 is 0 Å². The zero-order valence-corrected chi connectivity index (χ0v) is 11.2. The number of hydrogen-bond donors (Lipinski definition) is 1. The number of pyridine rings is 1. The van der Waals surface area contributed by atoms with E-state index in [0.717, 1.165) is 12.1 Å². The summed E-state index contributed by atoms with van der Waals surface area (Å²) in [6.45, 7) is 4.25. The van der Waals surface area contributed by atoms with Crippen molar-refractivity contribution in [2.75, 3.05) is 19.6 Å². The molecule has 1 unspecified atom stereocenters. The molecule has 3 rings (SSSR count). The van der Waals surface area contributed by atoms with Crippen LogP contribution in [0.25, 0.3) is 11.3 Å². The average molecular weight is 272 g/mol. The van der Waals surface area contributed by atoms with Crippen molar-refractivity contribution in [3.63, 3.8) is 0 Å². The van der Waals surface area contributed by atoms with E-state index in [2.05, 4.69) is 22.4 Å². The van der Waals surface area contributed by atoms with Crippen LogP contribution in [0.5, 0.6) is 0 Å². The maximum absolute atomic E-state index is 12.4. The topological polar surface area (TPSA) is 71.3 Å². The predicted octanol–water partition coefficient (Wildman–Crippen LogP) is 1.17. The predicted molar refractivity (Wildman–Crippen MR) is 73.1 cm³/mol. The summed E-state index contributed by atoms with van der Waals surface area (Å²) >= 11 is 0. The molecule has 3 heterocycles. The number of carbonyl (C=O) groups excluding carboxylic acids is 1. The zero-order valence-electron chi connectivity index (χ0n) is 11.2. The second-order valence-corrected chi connectivity index (χ2v) is 4.92. The lowest BCUT2D eigenvalue weighted by Gasteiger charge is -2.31. The van der Waals surface area contributed by atoms with E-state index in [4.69, 9.17) is 4.52 Å². The van der Waals surface area contributed by atoms with Gasteiger partial charge in [-0.15, -0.1) is 0 Å². The standard InChI is InChI=1S/C14H16N4O2/c1-10-9-18(7-6-16-10)14(19)12-8-13(20-17-12)11-2-4-15-5-3-11/h2-5,8,10,16H,6-7,9H2,1H3. The molecule has 2 aromatic heterocycles. The van der Waals surface area contributed by atoms with E-state index in [1.54, 1.807) is 23.4 Å². The van der Waals surface area contributed by atoms with Crippen molar-refractivity contribution in [3.8, 4) is 11.3 Å². The van der Waals surface area contributed by atoms with Crippen LogP contribution in [0.3, 0.4) is 0 Å². The van der Waals surface area contributed by atoms with Crippen molar-refractivity contribution in [2.24, 2.45) is 0 Å². The molecule has 0 aliphatic carbocycles. The fraction of sp³-hybridized carbons (Fsp3) is 0.357. The molecule has 6 heteroatoms. The lowest BCUT2D eigenvalue weighted by atomic mass is 10.2. The second-order valence-electron chi connectivity index (χ2n) is 4.92. The third-order valence-corrected chi connectivity index (χ3v) is 3.35. The van der Waals surface area contributed by atoms with Crippen molar-refractivity contribution >= 4 is 5.91 Å². The van der Waals surface area contributed by atoms with Gasteiger partial charge in [0.25, 0.3) is 5.91 Å². The largest absolute Gasteiger partial charge is 0.355 e. The normalized spacial score (nSPS) is 19.1. The summed E-state index contributed by atoms with van der Waals surface area (Å²) in [5, 5.41) is 7.19. The van der Waals surface area contributed by atoms with Gasteiger partial charge in [0.2, 0.25) is 0 Å². The van der Waals surface area contributed by atoms with Crippen molar-refractivity contribution in [1.29, 1.82) is 0 Å². The summed E-state index contributed by atoms with van der Waals surface area (Å²) < 4.78 is 5.25. The van der Waals surface area contributed by atoms with Crippen LogP contribution in [0.1, 0.15) is 17.4 Å². The van der Waals surface area contributed by atoms with Gasteiger partial charge in [-0.3, -0.25) is 9.78 Å². The molecule has 1 fully saturated rings. The van der Waals surface area contributed by atoms with Crippen molar-refractivity contribution in [1.82, 2.24) is 20.4 Å². The first kappa shape index (κ1) is 12.8. The maximum Gasteiger partial charge on any atom is 0.276 e. The maximum atomic E-state index is 12.4. The molecule has 20 heavy (non-hydrogen) atoms. The molecule has 1 atom stereocenters. The van der Waals surface area contributed by atoms with E-state index in [9.17, 15) is 4.79 Å². The van der Waals surface area contributed by atoms with E-state index in [1.165, 1.54) is 0 Å². The van der Waals surface area contributed by atoms with Crippen LogP contribution in [0.15, 0.2) is 35.1 Å². The van der Waals surface area contributed by atoms with Gasteiger partial charge in [0.15, 0.2) is 11.5 Å². The Labute approximate surface area is 116 Å². The summed E-state index contributed by atoms with van der Waals surface area (Å²) in [5.74, 6) is 0.501. The molecule has 1 amide bonds. The zero-order chi connectivity index (χ0) is 13.9. The highest BCUT2D eigenvalue weighted by Gasteiger charge is 2.24. The van der Waals surface area contributed by atoms with Gasteiger partial charge < -0.3 is 14.7 Å². The van der Waals surface area contributed by atoms with Crippen LogP contribution in [0.2, 0.25) is 0 Å². The SMILES string of the molecule is CC1CN(C(=O)c2cc(-c3ccncc3)on2)CCN1. The number of nitrogens with one attached hydrogen (secondary N) is 1. The van der Waals surface area contributed by atoms with E-state index in [1.807, 2.05) is 12.1 Å². The summed E-state index contributed by atoms with van der Waals surface area (Å²) in [6, 6.07) is 5.63. The third-order valence-electron chi connectivity index (χ3n) is 3.35. The third kappa shape index (κ3) is 2.55. The smallest absolute Gasteiger partial charge is 0.276 e. The van der Waals surface area contributed by atoms with Crippen LogP contribution in [-0.2, 0) is 0 Å². The second kappa shape index (κ2) is 5.42. The van der Waals surface area contributed by atoms with Gasteiger partial charge in [-0.1, -0.05) is 5.16 Å². The minimum atomic E-state index is -0.0811. The van der Waals surface area contributed by atoms with Gasteiger partial charge in [0.05, 0.1) is 0 Å². The molecule has 2 aromatic rings. The molecule has 0 aromatic carbocycles. The van der Waals surface area contributed by atoms with Gasteiger partial charge in [-0.25, -0.2) is 0 Å². The Morgan fingerprint density at radius 1 is 1.45 bits per heavy atom. The Morgan fingerprint density at radius 2 is 2.25 bits per heavy atom. The Bertz CT molecular complexity index is 596. The highest BCUT2D eigenvalue weighted by Crippen LogP contribution is 2.20. The molecular weight excluding hydrogens is 256 g/mol. The Hall–Kier alpha value is -2.21. The molecule has 1 N–H and O–H groups in total. The Morgan fingerprint density at radius 3 is 3.00 bits per heavy atom. The lowest BCUT2D eigenvalue weighted by Crippen LogP contribution is -2.51. The van der Waals surface area contributed by atoms with Crippen LogP contribution in [0.4, 0.5) is 0 Å². The van der Waals surface area contributed by atoms with Gasteiger partial charge in [0.1, 0.15) is 0 Å². The molecule has 0 spiro atoms. The first-order valence-electron chi connectivity index (χ1n) is 6.64. The number of rotatable bonds is 2. The first-order chi connectivity index (χ1) is 9.74. The Kier molecular flexibility index (Phi) is 3.47. The molecule has 104 valence electrons. The summed E-state index contributed by atoms with van der Waals surface area (Å²) in [6.07, 6.45) is 3.36. The van der Waals surface area contributed by atoms with E-state index in [0.29, 0.717) is 30.6 Å². The summed E-state index contributed by atoms with van der Waals surface area (Å²) in [5.41, 5.74) is 1.21. The lowest BCUT2D eigenvalue weighted by molar-refractivity contribution is 0.0698. The quantitative estimate of drug-likeness (QED) is 0.888. The number of hydrogen-bond acceptors (Lipinski definition) is 5. The molecule has 1 aliphatic heterocycles.